The predicted octanol–water partition coefficient (Wildman–Crippen LogP) is 1.40. The lowest BCUT2D eigenvalue weighted by molar-refractivity contribution is 0.0773. The van der Waals surface area contributed by atoms with E-state index in [2.05, 4.69) is 10.2 Å². The number of rotatable bonds is 4. The molecule has 2 heterocycles. The third-order valence-electron chi connectivity index (χ3n) is 4.89. The van der Waals surface area contributed by atoms with Gasteiger partial charge in [0.05, 0.1) is 0 Å². The third-order valence-corrected chi connectivity index (χ3v) is 4.89. The molecule has 124 valence electrons. The monoisotopic (exact) mass is 315 g/mol. The Morgan fingerprint density at radius 2 is 1.74 bits per heavy atom. The van der Waals surface area contributed by atoms with Gasteiger partial charge in [-0.3, -0.25) is 14.5 Å². The van der Waals surface area contributed by atoms with E-state index in [9.17, 15) is 9.59 Å². The summed E-state index contributed by atoms with van der Waals surface area (Å²) in [6.45, 7) is 7.70. The number of piperazine rings is 1. The molecule has 0 radical (unpaired) electrons. The van der Waals surface area contributed by atoms with Crippen LogP contribution in [0, 0.1) is 0 Å². The van der Waals surface area contributed by atoms with Crippen molar-refractivity contribution in [1.29, 1.82) is 0 Å². The molecule has 23 heavy (non-hydrogen) atoms. The largest absolute Gasteiger partial charge is 0.337 e. The molecule has 0 aliphatic carbocycles. The second-order valence-electron chi connectivity index (χ2n) is 6.33. The average molecular weight is 315 g/mol. The second-order valence-corrected chi connectivity index (χ2v) is 6.33. The molecule has 0 bridgehead atoms. The van der Waals surface area contributed by atoms with Crippen molar-refractivity contribution in [3.8, 4) is 0 Å². The second kappa shape index (κ2) is 7.23. The summed E-state index contributed by atoms with van der Waals surface area (Å²) in [5.74, 6) is 0.196. The van der Waals surface area contributed by atoms with Crippen LogP contribution in [0.4, 0.5) is 0 Å². The Balaban J connectivity index is 1.61. The molecule has 5 nitrogen and oxygen atoms in total. The molecule has 0 aromatic heterocycles. The molecule has 2 aliphatic rings. The fourth-order valence-corrected chi connectivity index (χ4v) is 3.46. The van der Waals surface area contributed by atoms with E-state index in [1.165, 1.54) is 0 Å². The molecule has 1 aromatic rings. The molecule has 0 spiro atoms. The van der Waals surface area contributed by atoms with Crippen molar-refractivity contribution in [3.63, 3.8) is 0 Å². The van der Waals surface area contributed by atoms with Crippen LogP contribution in [0.5, 0.6) is 0 Å². The highest BCUT2D eigenvalue weighted by molar-refractivity contribution is 5.98. The molecule has 3 rings (SSSR count). The molecule has 2 saturated heterocycles. The Morgan fingerprint density at radius 3 is 2.39 bits per heavy atom. The lowest BCUT2D eigenvalue weighted by Crippen LogP contribution is -2.49. The van der Waals surface area contributed by atoms with Gasteiger partial charge in [-0.1, -0.05) is 19.1 Å². The molecule has 1 N–H and O–H groups in total. The van der Waals surface area contributed by atoms with Crippen LogP contribution in [-0.2, 0) is 0 Å². The number of hydrogen-bond acceptors (Lipinski definition) is 4. The molecule has 2 aliphatic heterocycles. The number of carbonyl (C=O) groups excluding carboxylic acids is 2. The normalized spacial score (nSPS) is 22.3. The highest BCUT2D eigenvalue weighted by atomic mass is 16.2. The van der Waals surface area contributed by atoms with Gasteiger partial charge in [-0.25, -0.2) is 0 Å². The van der Waals surface area contributed by atoms with E-state index in [0.29, 0.717) is 23.6 Å². The van der Waals surface area contributed by atoms with Crippen LogP contribution in [0.2, 0.25) is 0 Å². The minimum Gasteiger partial charge on any atom is -0.337 e. The number of likely N-dealkylation sites (tertiary alicyclic amines) is 1. The Labute approximate surface area is 137 Å². The Kier molecular flexibility index (Phi) is 5.08. The summed E-state index contributed by atoms with van der Waals surface area (Å²) >= 11 is 0. The fraction of sp³-hybridized carbons (Fsp3) is 0.556. The van der Waals surface area contributed by atoms with Crippen molar-refractivity contribution in [2.45, 2.75) is 25.8 Å². The van der Waals surface area contributed by atoms with Crippen molar-refractivity contribution >= 4 is 11.7 Å². The predicted molar refractivity (Wildman–Crippen MR) is 89.8 cm³/mol. The van der Waals surface area contributed by atoms with E-state index in [0.717, 1.165) is 45.7 Å². The van der Waals surface area contributed by atoms with Crippen molar-refractivity contribution in [2.75, 3.05) is 39.3 Å². The smallest absolute Gasteiger partial charge is 0.253 e. The van der Waals surface area contributed by atoms with Gasteiger partial charge in [-0.05, 0) is 18.6 Å². The average Bonchev–Trinajstić information content (AvgIpc) is 3.11. The van der Waals surface area contributed by atoms with Crippen molar-refractivity contribution in [1.82, 2.24) is 15.1 Å². The lowest BCUT2D eigenvalue weighted by atomic mass is 10.1. The molecular formula is C18H25N3O2. The van der Waals surface area contributed by atoms with E-state index in [1.807, 2.05) is 11.8 Å². The Bertz CT molecular complexity index is 564. The molecular weight excluding hydrogens is 290 g/mol. The van der Waals surface area contributed by atoms with Gasteiger partial charge in [0.1, 0.15) is 0 Å². The molecule has 1 atom stereocenters. The lowest BCUT2D eigenvalue weighted by Gasteiger charge is -2.32. The fourth-order valence-electron chi connectivity index (χ4n) is 3.46. The van der Waals surface area contributed by atoms with E-state index in [4.69, 9.17) is 0 Å². The van der Waals surface area contributed by atoms with Gasteiger partial charge in [0.15, 0.2) is 5.78 Å². The molecule has 5 heteroatoms. The van der Waals surface area contributed by atoms with E-state index < -0.39 is 0 Å². The standard InChI is InChI=1S/C18H25N3O2/c1-2-17(22)14-3-5-15(6-4-14)18(23)21-10-7-16(13-21)20-11-8-19-9-12-20/h3-6,16,19H,2,7-13H2,1H3. The quantitative estimate of drug-likeness (QED) is 0.854. The van der Waals surface area contributed by atoms with Crippen molar-refractivity contribution in [3.05, 3.63) is 35.4 Å². The van der Waals surface area contributed by atoms with Crippen LogP contribution in [0.15, 0.2) is 24.3 Å². The summed E-state index contributed by atoms with van der Waals surface area (Å²) < 4.78 is 0. The number of ketones is 1. The summed E-state index contributed by atoms with van der Waals surface area (Å²) in [6.07, 6.45) is 1.55. The Hall–Kier alpha value is -1.72. The zero-order valence-corrected chi connectivity index (χ0v) is 13.8. The van der Waals surface area contributed by atoms with Crippen LogP contribution in [0.1, 0.15) is 40.5 Å². The minimum absolute atomic E-state index is 0.0816. The third kappa shape index (κ3) is 3.62. The zero-order chi connectivity index (χ0) is 16.2. The summed E-state index contributed by atoms with van der Waals surface area (Å²) in [5, 5.41) is 3.37. The molecule has 1 unspecified atom stereocenters. The zero-order valence-electron chi connectivity index (χ0n) is 13.8. The van der Waals surface area contributed by atoms with Crippen LogP contribution in [0.25, 0.3) is 0 Å². The summed E-state index contributed by atoms with van der Waals surface area (Å²) in [7, 11) is 0. The first-order valence-corrected chi connectivity index (χ1v) is 8.56. The number of nitrogens with one attached hydrogen (secondary N) is 1. The molecule has 1 amide bonds. The maximum atomic E-state index is 12.6. The molecule has 0 saturated carbocycles. The number of carbonyl (C=O) groups is 2. The topological polar surface area (TPSA) is 52.7 Å². The summed E-state index contributed by atoms with van der Waals surface area (Å²) in [6, 6.07) is 7.58. The molecule has 2 fully saturated rings. The van der Waals surface area contributed by atoms with Crippen LogP contribution < -0.4 is 5.32 Å². The van der Waals surface area contributed by atoms with Gasteiger partial charge < -0.3 is 10.2 Å². The van der Waals surface area contributed by atoms with E-state index in [-0.39, 0.29) is 11.7 Å². The maximum Gasteiger partial charge on any atom is 0.253 e. The SMILES string of the molecule is CCC(=O)c1ccc(C(=O)N2CCC(N3CCNCC3)C2)cc1. The van der Waals surface area contributed by atoms with Crippen LogP contribution in [0.3, 0.4) is 0 Å². The number of Topliss-reactive ketones (excluding diaryl/α,β-unsaturated/α-hetero) is 1. The first-order chi connectivity index (χ1) is 11.2. The summed E-state index contributed by atoms with van der Waals surface area (Å²) in [5.41, 5.74) is 1.36. The number of nitrogens with zero attached hydrogens (tertiary/aromatic N) is 2. The highest BCUT2D eigenvalue weighted by Gasteiger charge is 2.31. The first-order valence-electron chi connectivity index (χ1n) is 8.56. The highest BCUT2D eigenvalue weighted by Crippen LogP contribution is 2.19. The van der Waals surface area contributed by atoms with Gasteiger partial charge in [0.2, 0.25) is 0 Å². The van der Waals surface area contributed by atoms with Crippen LogP contribution in [-0.4, -0.2) is 66.8 Å². The van der Waals surface area contributed by atoms with Gasteiger partial charge in [-0.2, -0.15) is 0 Å². The van der Waals surface area contributed by atoms with Gasteiger partial charge in [0.25, 0.3) is 5.91 Å². The summed E-state index contributed by atoms with van der Waals surface area (Å²) in [4.78, 5) is 28.7. The van der Waals surface area contributed by atoms with Crippen molar-refractivity contribution in [2.24, 2.45) is 0 Å². The maximum absolute atomic E-state index is 12.6. The van der Waals surface area contributed by atoms with Crippen LogP contribution >= 0.6 is 0 Å². The van der Waals surface area contributed by atoms with E-state index >= 15 is 0 Å². The number of hydrogen-bond donors (Lipinski definition) is 1. The van der Waals surface area contributed by atoms with Crippen molar-refractivity contribution < 1.29 is 9.59 Å². The minimum atomic E-state index is 0.0816. The van der Waals surface area contributed by atoms with Gasteiger partial charge >= 0.3 is 0 Å². The molecule has 1 aromatic carbocycles. The number of amides is 1. The van der Waals surface area contributed by atoms with Gasteiger partial charge in [-0.15, -0.1) is 0 Å². The Morgan fingerprint density at radius 1 is 1.09 bits per heavy atom. The van der Waals surface area contributed by atoms with E-state index in [1.54, 1.807) is 24.3 Å². The number of benzene rings is 1. The van der Waals surface area contributed by atoms with Gasteiger partial charge in [0, 0.05) is 62.9 Å². The first kappa shape index (κ1) is 16.1.